The number of carbonyl (C=O) groups is 2. The summed E-state index contributed by atoms with van der Waals surface area (Å²) in [7, 11) is 0. The second kappa shape index (κ2) is 7.07. The highest BCUT2D eigenvalue weighted by molar-refractivity contribution is 5.89. The Hall–Kier alpha value is -3.09. The van der Waals surface area contributed by atoms with E-state index in [0.29, 0.717) is 17.1 Å². The van der Waals surface area contributed by atoms with Crippen molar-refractivity contribution in [2.75, 3.05) is 6.61 Å². The molecule has 1 aromatic heterocycles. The quantitative estimate of drug-likeness (QED) is 0.653. The van der Waals surface area contributed by atoms with E-state index in [-0.39, 0.29) is 12.2 Å². The van der Waals surface area contributed by atoms with Crippen LogP contribution in [-0.4, -0.2) is 30.0 Å². The van der Waals surface area contributed by atoms with Crippen LogP contribution in [0.1, 0.15) is 23.0 Å². The fourth-order valence-corrected chi connectivity index (χ4v) is 1.69. The fourth-order valence-electron chi connectivity index (χ4n) is 1.69. The van der Waals surface area contributed by atoms with Crippen LogP contribution in [0.25, 0.3) is 11.3 Å². The molecule has 0 fully saturated rings. The van der Waals surface area contributed by atoms with Gasteiger partial charge >= 0.3 is 12.1 Å². The summed E-state index contributed by atoms with van der Waals surface area (Å²) in [6.45, 7) is 1.94. The van der Waals surface area contributed by atoms with Gasteiger partial charge < -0.3 is 14.3 Å². The van der Waals surface area contributed by atoms with Crippen molar-refractivity contribution in [3.63, 3.8) is 0 Å². The van der Waals surface area contributed by atoms with E-state index in [4.69, 9.17) is 9.52 Å². The second-order valence-electron chi connectivity index (χ2n) is 4.18. The summed E-state index contributed by atoms with van der Waals surface area (Å²) in [4.78, 5) is 22.0. The Labute approximate surface area is 126 Å². The van der Waals surface area contributed by atoms with Gasteiger partial charge in [-0.25, -0.2) is 15.0 Å². The van der Waals surface area contributed by atoms with Gasteiger partial charge in [-0.1, -0.05) is 12.1 Å². The normalized spacial score (nSPS) is 10.6. The van der Waals surface area contributed by atoms with Crippen LogP contribution in [0.3, 0.4) is 0 Å². The van der Waals surface area contributed by atoms with Gasteiger partial charge in [0, 0.05) is 5.56 Å². The molecule has 7 heteroatoms. The van der Waals surface area contributed by atoms with E-state index in [9.17, 15) is 9.59 Å². The molecule has 114 valence electrons. The van der Waals surface area contributed by atoms with Crippen LogP contribution in [0.4, 0.5) is 4.79 Å². The lowest BCUT2D eigenvalue weighted by Gasteiger charge is -1.99. The minimum Gasteiger partial charge on any atom is -0.478 e. The first-order valence-corrected chi connectivity index (χ1v) is 6.49. The summed E-state index contributed by atoms with van der Waals surface area (Å²) >= 11 is 0. The SMILES string of the molecule is CCOC(=O)NN=Cc1ccc(-c2cccc(C(=O)O)c2)o1. The van der Waals surface area contributed by atoms with E-state index >= 15 is 0 Å². The van der Waals surface area contributed by atoms with Crippen LogP contribution in [0.5, 0.6) is 0 Å². The largest absolute Gasteiger partial charge is 0.478 e. The van der Waals surface area contributed by atoms with E-state index < -0.39 is 12.1 Å². The molecule has 0 aliphatic rings. The standard InChI is InChI=1S/C15H14N2O5/c1-2-21-15(20)17-16-9-12-6-7-13(22-12)10-4-3-5-11(8-10)14(18)19/h3-9H,2H2,1H3,(H,17,20)(H,18,19). The van der Waals surface area contributed by atoms with Gasteiger partial charge in [0.05, 0.1) is 18.4 Å². The first-order valence-electron chi connectivity index (χ1n) is 6.49. The van der Waals surface area contributed by atoms with Crippen molar-refractivity contribution < 1.29 is 23.8 Å². The van der Waals surface area contributed by atoms with Crippen molar-refractivity contribution in [3.8, 4) is 11.3 Å². The molecule has 0 saturated heterocycles. The Morgan fingerprint density at radius 1 is 1.36 bits per heavy atom. The lowest BCUT2D eigenvalue weighted by molar-refractivity contribution is 0.0697. The molecule has 7 nitrogen and oxygen atoms in total. The van der Waals surface area contributed by atoms with Crippen LogP contribution >= 0.6 is 0 Å². The number of furan rings is 1. The molecule has 0 spiro atoms. The predicted octanol–water partition coefficient (Wildman–Crippen LogP) is 2.72. The van der Waals surface area contributed by atoms with E-state index in [0.717, 1.165) is 0 Å². The van der Waals surface area contributed by atoms with Crippen LogP contribution in [-0.2, 0) is 4.74 Å². The number of amides is 1. The van der Waals surface area contributed by atoms with Crippen molar-refractivity contribution in [1.29, 1.82) is 0 Å². The molecule has 1 aromatic carbocycles. The number of aromatic carboxylic acids is 1. The molecule has 0 aliphatic carbocycles. The molecular weight excluding hydrogens is 288 g/mol. The maximum Gasteiger partial charge on any atom is 0.427 e. The average Bonchev–Trinajstić information content (AvgIpc) is 2.96. The zero-order chi connectivity index (χ0) is 15.9. The number of carboxylic acid groups (broad SMARTS) is 1. The van der Waals surface area contributed by atoms with Gasteiger partial charge in [0.15, 0.2) is 0 Å². The van der Waals surface area contributed by atoms with Gasteiger partial charge in [-0.15, -0.1) is 0 Å². The number of carboxylic acids is 1. The van der Waals surface area contributed by atoms with Gasteiger partial charge in [0.1, 0.15) is 11.5 Å². The third-order valence-electron chi connectivity index (χ3n) is 2.64. The van der Waals surface area contributed by atoms with Crippen molar-refractivity contribution in [2.45, 2.75) is 6.92 Å². The molecule has 0 saturated carbocycles. The molecule has 2 rings (SSSR count). The molecule has 22 heavy (non-hydrogen) atoms. The monoisotopic (exact) mass is 302 g/mol. The summed E-state index contributed by atoms with van der Waals surface area (Å²) in [5.41, 5.74) is 2.99. The Bertz CT molecular complexity index is 705. The van der Waals surface area contributed by atoms with E-state index in [1.165, 1.54) is 18.3 Å². The highest BCUT2D eigenvalue weighted by Crippen LogP contribution is 2.22. The number of ether oxygens (including phenoxy) is 1. The number of hydrogen-bond acceptors (Lipinski definition) is 5. The van der Waals surface area contributed by atoms with Crippen LogP contribution in [0.15, 0.2) is 45.9 Å². The summed E-state index contributed by atoms with van der Waals surface area (Å²) < 4.78 is 10.2. The molecule has 0 atom stereocenters. The van der Waals surface area contributed by atoms with Crippen LogP contribution < -0.4 is 5.43 Å². The molecule has 0 aliphatic heterocycles. The Kier molecular flexibility index (Phi) is 4.92. The minimum absolute atomic E-state index is 0.174. The zero-order valence-electron chi connectivity index (χ0n) is 11.8. The summed E-state index contributed by atoms with van der Waals surface area (Å²) in [5, 5.41) is 12.6. The summed E-state index contributed by atoms with van der Waals surface area (Å²) in [6, 6.07) is 9.73. The van der Waals surface area contributed by atoms with E-state index in [2.05, 4.69) is 15.3 Å². The zero-order valence-corrected chi connectivity index (χ0v) is 11.8. The highest BCUT2D eigenvalue weighted by Gasteiger charge is 2.08. The number of carbonyl (C=O) groups excluding carboxylic acids is 1. The van der Waals surface area contributed by atoms with E-state index in [1.54, 1.807) is 31.2 Å². The van der Waals surface area contributed by atoms with Crippen molar-refractivity contribution in [3.05, 3.63) is 47.7 Å². The van der Waals surface area contributed by atoms with Gasteiger partial charge in [-0.2, -0.15) is 5.10 Å². The lowest BCUT2D eigenvalue weighted by Crippen LogP contribution is -2.18. The third kappa shape index (κ3) is 3.95. The minimum atomic E-state index is -1.01. The van der Waals surface area contributed by atoms with Gasteiger partial charge in [-0.05, 0) is 31.2 Å². The lowest BCUT2D eigenvalue weighted by atomic mass is 10.1. The predicted molar refractivity (Wildman–Crippen MR) is 78.9 cm³/mol. The first kappa shape index (κ1) is 15.3. The van der Waals surface area contributed by atoms with Crippen LogP contribution in [0.2, 0.25) is 0 Å². The molecular formula is C15H14N2O5. The third-order valence-corrected chi connectivity index (χ3v) is 2.64. The van der Waals surface area contributed by atoms with Gasteiger partial charge in [0.25, 0.3) is 0 Å². The number of benzene rings is 1. The van der Waals surface area contributed by atoms with Gasteiger partial charge in [0.2, 0.25) is 0 Å². The summed E-state index contributed by atoms with van der Waals surface area (Å²) in [6.07, 6.45) is 0.668. The molecule has 2 N–H and O–H groups in total. The molecule has 2 aromatic rings. The number of rotatable bonds is 5. The first-order chi connectivity index (χ1) is 10.6. The maximum atomic E-state index is 11.0. The topological polar surface area (TPSA) is 101 Å². The smallest absolute Gasteiger partial charge is 0.427 e. The fraction of sp³-hybridized carbons (Fsp3) is 0.133. The van der Waals surface area contributed by atoms with Gasteiger partial charge in [-0.3, -0.25) is 0 Å². The molecule has 1 heterocycles. The number of nitrogens with one attached hydrogen (secondary N) is 1. The van der Waals surface area contributed by atoms with Crippen molar-refractivity contribution in [1.82, 2.24) is 5.43 Å². The molecule has 0 unspecified atom stereocenters. The number of hydrazone groups is 1. The number of nitrogens with zero attached hydrogens (tertiary/aromatic N) is 1. The molecule has 0 bridgehead atoms. The highest BCUT2D eigenvalue weighted by atomic mass is 16.5. The van der Waals surface area contributed by atoms with E-state index in [1.807, 2.05) is 0 Å². The Balaban J connectivity index is 2.08. The Morgan fingerprint density at radius 2 is 2.18 bits per heavy atom. The van der Waals surface area contributed by atoms with Crippen LogP contribution in [0, 0.1) is 0 Å². The average molecular weight is 302 g/mol. The van der Waals surface area contributed by atoms with Crippen molar-refractivity contribution >= 4 is 18.3 Å². The molecule has 0 radical (unpaired) electrons. The van der Waals surface area contributed by atoms with Crippen molar-refractivity contribution in [2.24, 2.45) is 5.10 Å². The summed E-state index contributed by atoms with van der Waals surface area (Å²) in [5.74, 6) is -0.0953. The Morgan fingerprint density at radius 3 is 2.91 bits per heavy atom. The molecule has 1 amide bonds. The number of hydrogen-bond donors (Lipinski definition) is 2. The maximum absolute atomic E-state index is 11.0. The second-order valence-corrected chi connectivity index (χ2v) is 4.18.